The van der Waals surface area contributed by atoms with Gasteiger partial charge in [0.25, 0.3) is 0 Å². The summed E-state index contributed by atoms with van der Waals surface area (Å²) in [5.41, 5.74) is 1.74. The van der Waals surface area contributed by atoms with E-state index in [4.69, 9.17) is 9.84 Å². The maximum Gasteiger partial charge on any atom is 0.134 e. The van der Waals surface area contributed by atoms with E-state index in [1.165, 1.54) is 0 Å². The number of hydrogen-bond acceptors (Lipinski definition) is 5. The van der Waals surface area contributed by atoms with Crippen molar-refractivity contribution in [1.29, 1.82) is 0 Å². The average Bonchev–Trinajstić information content (AvgIpc) is 2.75. The minimum atomic E-state index is -0.679. The summed E-state index contributed by atoms with van der Waals surface area (Å²) < 4.78 is 5.22. The Balaban J connectivity index is 2.13. The van der Waals surface area contributed by atoms with E-state index in [1.54, 1.807) is 7.11 Å². The van der Waals surface area contributed by atoms with E-state index in [2.05, 4.69) is 11.8 Å². The summed E-state index contributed by atoms with van der Waals surface area (Å²) in [6.07, 6.45) is -1.36. The number of nitrogens with zero attached hydrogens (tertiary/aromatic N) is 1. The highest BCUT2D eigenvalue weighted by molar-refractivity contribution is 5.48. The van der Waals surface area contributed by atoms with Crippen molar-refractivity contribution in [2.45, 2.75) is 18.8 Å². The van der Waals surface area contributed by atoms with Crippen LogP contribution < -0.4 is 4.74 Å². The first-order chi connectivity index (χ1) is 9.63. The molecule has 5 nitrogen and oxygen atoms in total. The summed E-state index contributed by atoms with van der Waals surface area (Å²) >= 11 is 0. The summed E-state index contributed by atoms with van der Waals surface area (Å²) in [6.45, 7) is 1.36. The lowest BCUT2D eigenvalue weighted by molar-refractivity contribution is 0.0572. The Morgan fingerprint density at radius 1 is 1.30 bits per heavy atom. The lowest BCUT2D eigenvalue weighted by Gasteiger charge is -2.15. The second-order valence-corrected chi connectivity index (χ2v) is 4.82. The van der Waals surface area contributed by atoms with Crippen LogP contribution in [0.1, 0.15) is 11.1 Å². The number of β-amino-alcohol motifs (C(OH)–C–C–N with tert-alkyl or cyclic N) is 2. The van der Waals surface area contributed by atoms with Crippen molar-refractivity contribution in [3.05, 3.63) is 29.3 Å². The van der Waals surface area contributed by atoms with Gasteiger partial charge in [0.05, 0.1) is 24.9 Å². The van der Waals surface area contributed by atoms with E-state index >= 15 is 0 Å². The van der Waals surface area contributed by atoms with E-state index in [1.807, 2.05) is 23.1 Å². The number of hydrogen-bond donors (Lipinski definition) is 3. The highest BCUT2D eigenvalue weighted by Gasteiger charge is 2.29. The molecule has 1 heterocycles. The van der Waals surface area contributed by atoms with Gasteiger partial charge in [-0.25, -0.2) is 0 Å². The van der Waals surface area contributed by atoms with Crippen LogP contribution in [0, 0.1) is 11.8 Å². The first-order valence-electron chi connectivity index (χ1n) is 6.49. The highest BCUT2D eigenvalue weighted by atomic mass is 16.5. The molecule has 0 saturated carbocycles. The van der Waals surface area contributed by atoms with Gasteiger partial charge in [-0.05, 0) is 17.7 Å². The van der Waals surface area contributed by atoms with Gasteiger partial charge in [-0.3, -0.25) is 4.90 Å². The Hall–Kier alpha value is -1.58. The Morgan fingerprint density at radius 2 is 2.00 bits per heavy atom. The summed E-state index contributed by atoms with van der Waals surface area (Å²) in [6, 6.07) is 5.66. The monoisotopic (exact) mass is 277 g/mol. The van der Waals surface area contributed by atoms with Crippen LogP contribution in [-0.4, -0.2) is 59.2 Å². The molecule has 2 atom stereocenters. The molecule has 1 aliphatic rings. The van der Waals surface area contributed by atoms with Gasteiger partial charge >= 0.3 is 0 Å². The first kappa shape index (κ1) is 14.8. The number of aliphatic hydroxyl groups excluding tert-OH is 3. The van der Waals surface area contributed by atoms with Gasteiger partial charge in [-0.2, -0.15) is 0 Å². The third-order valence-electron chi connectivity index (χ3n) is 3.31. The first-order valence-corrected chi connectivity index (χ1v) is 6.49. The van der Waals surface area contributed by atoms with Crippen LogP contribution in [0.5, 0.6) is 5.75 Å². The van der Waals surface area contributed by atoms with Crippen LogP contribution in [0.15, 0.2) is 18.2 Å². The van der Waals surface area contributed by atoms with E-state index < -0.39 is 12.2 Å². The number of benzene rings is 1. The second-order valence-electron chi connectivity index (χ2n) is 4.82. The SMILES string of the molecule is COc1ccc(CN2CC(O)C(O)C2)cc1C#CCO. The molecule has 20 heavy (non-hydrogen) atoms. The molecular weight excluding hydrogens is 258 g/mol. The van der Waals surface area contributed by atoms with Gasteiger partial charge in [0, 0.05) is 19.6 Å². The number of rotatable bonds is 3. The van der Waals surface area contributed by atoms with E-state index in [9.17, 15) is 10.2 Å². The van der Waals surface area contributed by atoms with Crippen molar-refractivity contribution < 1.29 is 20.1 Å². The molecule has 3 N–H and O–H groups in total. The summed E-state index contributed by atoms with van der Waals surface area (Å²) in [7, 11) is 1.58. The molecule has 1 aliphatic heterocycles. The van der Waals surface area contributed by atoms with E-state index in [0.717, 1.165) is 11.1 Å². The summed E-state index contributed by atoms with van der Waals surface area (Å²) in [5.74, 6) is 6.12. The lowest BCUT2D eigenvalue weighted by Crippen LogP contribution is -2.22. The van der Waals surface area contributed by atoms with Crippen LogP contribution in [-0.2, 0) is 6.54 Å². The molecule has 0 spiro atoms. The fourth-order valence-corrected chi connectivity index (χ4v) is 2.32. The highest BCUT2D eigenvalue weighted by Crippen LogP contribution is 2.21. The summed E-state index contributed by atoms with van der Waals surface area (Å²) in [5, 5.41) is 27.8. The van der Waals surface area contributed by atoms with Crippen molar-refractivity contribution in [3.8, 4) is 17.6 Å². The largest absolute Gasteiger partial charge is 0.495 e. The van der Waals surface area contributed by atoms with Gasteiger partial charge in [0.2, 0.25) is 0 Å². The molecule has 2 unspecified atom stereocenters. The van der Waals surface area contributed by atoms with Gasteiger partial charge in [0.1, 0.15) is 12.4 Å². The molecule has 108 valence electrons. The topological polar surface area (TPSA) is 73.2 Å². The lowest BCUT2D eigenvalue weighted by atomic mass is 10.1. The molecule has 1 saturated heterocycles. The van der Waals surface area contributed by atoms with E-state index in [0.29, 0.717) is 25.4 Å². The molecule has 1 aromatic rings. The summed E-state index contributed by atoms with van der Waals surface area (Å²) in [4.78, 5) is 1.99. The number of likely N-dealkylation sites (tertiary alicyclic amines) is 1. The van der Waals surface area contributed by atoms with Crippen LogP contribution >= 0.6 is 0 Å². The fourth-order valence-electron chi connectivity index (χ4n) is 2.32. The molecule has 1 fully saturated rings. The molecular formula is C15H19NO4. The molecule has 0 radical (unpaired) electrons. The minimum Gasteiger partial charge on any atom is -0.495 e. The zero-order chi connectivity index (χ0) is 14.5. The van der Waals surface area contributed by atoms with Crippen molar-refractivity contribution in [3.63, 3.8) is 0 Å². The van der Waals surface area contributed by atoms with Crippen molar-refractivity contribution >= 4 is 0 Å². The van der Waals surface area contributed by atoms with Crippen molar-refractivity contribution in [2.75, 3.05) is 26.8 Å². The molecule has 1 aromatic carbocycles. The molecule has 2 rings (SSSR count). The Morgan fingerprint density at radius 3 is 2.60 bits per heavy atom. The quantitative estimate of drug-likeness (QED) is 0.654. The number of ether oxygens (including phenoxy) is 1. The molecule has 5 heteroatoms. The predicted molar refractivity (Wildman–Crippen MR) is 74.2 cm³/mol. The maximum atomic E-state index is 9.54. The smallest absolute Gasteiger partial charge is 0.134 e. The third kappa shape index (κ3) is 3.50. The Bertz CT molecular complexity index is 510. The average molecular weight is 277 g/mol. The fraction of sp³-hybridized carbons (Fsp3) is 0.467. The van der Waals surface area contributed by atoms with Crippen molar-refractivity contribution in [1.82, 2.24) is 4.90 Å². The van der Waals surface area contributed by atoms with Crippen LogP contribution in [0.2, 0.25) is 0 Å². The molecule has 0 aliphatic carbocycles. The number of methoxy groups -OCH3 is 1. The predicted octanol–water partition coefficient (Wildman–Crippen LogP) is -0.424. The maximum absolute atomic E-state index is 9.54. The van der Waals surface area contributed by atoms with Crippen molar-refractivity contribution in [2.24, 2.45) is 0 Å². The van der Waals surface area contributed by atoms with Gasteiger partial charge in [-0.15, -0.1) is 0 Å². The number of aliphatic hydroxyl groups is 3. The van der Waals surface area contributed by atoms with Gasteiger partial charge in [0.15, 0.2) is 0 Å². The molecule has 0 bridgehead atoms. The second kappa shape index (κ2) is 6.73. The van der Waals surface area contributed by atoms with Crippen LogP contribution in [0.3, 0.4) is 0 Å². The standard InChI is InChI=1S/C15H19NO4/c1-20-15-5-4-11(7-12(15)3-2-6-17)8-16-9-13(18)14(19)10-16/h4-5,7,13-14,17-19H,6,8-10H2,1H3. The Labute approximate surface area is 118 Å². The Kier molecular flexibility index (Phi) is 4.99. The zero-order valence-corrected chi connectivity index (χ0v) is 11.4. The third-order valence-corrected chi connectivity index (χ3v) is 3.31. The van der Waals surface area contributed by atoms with E-state index in [-0.39, 0.29) is 6.61 Å². The molecule has 0 aromatic heterocycles. The van der Waals surface area contributed by atoms with Crippen LogP contribution in [0.4, 0.5) is 0 Å². The minimum absolute atomic E-state index is 0.197. The zero-order valence-electron chi connectivity index (χ0n) is 11.4. The van der Waals surface area contributed by atoms with Gasteiger partial charge in [-0.1, -0.05) is 17.9 Å². The normalized spacial score (nSPS) is 22.4. The molecule has 0 amide bonds. The van der Waals surface area contributed by atoms with Gasteiger partial charge < -0.3 is 20.1 Å². The van der Waals surface area contributed by atoms with Crippen LogP contribution in [0.25, 0.3) is 0 Å².